The van der Waals surface area contributed by atoms with Gasteiger partial charge in [-0.15, -0.1) is 0 Å². The van der Waals surface area contributed by atoms with Crippen LogP contribution >= 0.6 is 23.2 Å². The predicted molar refractivity (Wildman–Crippen MR) is 94.2 cm³/mol. The van der Waals surface area contributed by atoms with E-state index in [-0.39, 0.29) is 6.04 Å². The fourth-order valence-electron chi connectivity index (χ4n) is 3.13. The van der Waals surface area contributed by atoms with Gasteiger partial charge in [0, 0.05) is 36.2 Å². The van der Waals surface area contributed by atoms with Crippen molar-refractivity contribution in [1.29, 1.82) is 0 Å². The zero-order valence-corrected chi connectivity index (χ0v) is 14.8. The quantitative estimate of drug-likeness (QED) is 0.794. The van der Waals surface area contributed by atoms with Crippen LogP contribution < -0.4 is 5.32 Å². The van der Waals surface area contributed by atoms with E-state index in [2.05, 4.69) is 10.2 Å². The number of benzene rings is 2. The van der Waals surface area contributed by atoms with E-state index in [4.69, 9.17) is 23.2 Å². The number of hydrogen-bond donors (Lipinski definition) is 1. The second kappa shape index (κ2) is 7.54. The van der Waals surface area contributed by atoms with E-state index in [1.54, 1.807) is 18.2 Å². The van der Waals surface area contributed by atoms with Gasteiger partial charge in [0.05, 0.1) is 11.6 Å². The molecule has 1 aliphatic heterocycles. The molecule has 2 nitrogen and oxygen atoms in total. The summed E-state index contributed by atoms with van der Waals surface area (Å²) in [6.07, 6.45) is -4.42. The first kappa shape index (κ1) is 18.5. The Morgan fingerprint density at radius 1 is 1.00 bits per heavy atom. The average Bonchev–Trinajstić information content (AvgIpc) is 2.57. The van der Waals surface area contributed by atoms with Crippen molar-refractivity contribution in [1.82, 2.24) is 10.2 Å². The van der Waals surface area contributed by atoms with E-state index in [0.29, 0.717) is 28.7 Å². The van der Waals surface area contributed by atoms with Gasteiger partial charge in [-0.25, -0.2) is 0 Å². The third-order valence-corrected chi connectivity index (χ3v) is 4.88. The molecule has 1 aliphatic rings. The predicted octanol–water partition coefficient (Wildman–Crippen LogP) is 5.01. The lowest BCUT2D eigenvalue weighted by molar-refractivity contribution is -0.137. The Labute approximate surface area is 154 Å². The van der Waals surface area contributed by atoms with Crippen LogP contribution in [0, 0.1) is 0 Å². The van der Waals surface area contributed by atoms with E-state index >= 15 is 0 Å². The molecule has 2 aromatic carbocycles. The van der Waals surface area contributed by atoms with Crippen molar-refractivity contribution in [2.75, 3.05) is 26.2 Å². The van der Waals surface area contributed by atoms with Crippen LogP contribution in [0.2, 0.25) is 10.0 Å². The molecule has 3 rings (SSSR count). The molecule has 1 N–H and O–H groups in total. The monoisotopic (exact) mass is 388 g/mol. The highest BCUT2D eigenvalue weighted by Crippen LogP contribution is 2.38. The summed E-state index contributed by atoms with van der Waals surface area (Å²) in [5, 5.41) is 4.11. The van der Waals surface area contributed by atoms with Gasteiger partial charge in [0.1, 0.15) is 0 Å². The van der Waals surface area contributed by atoms with Crippen LogP contribution in [-0.2, 0) is 6.18 Å². The minimum atomic E-state index is -4.42. The van der Waals surface area contributed by atoms with Crippen LogP contribution in [0.25, 0.3) is 0 Å². The third kappa shape index (κ3) is 4.29. The number of nitrogens with zero attached hydrogens (tertiary/aromatic N) is 1. The summed E-state index contributed by atoms with van der Waals surface area (Å²) in [7, 11) is 0. The Morgan fingerprint density at radius 3 is 2.36 bits per heavy atom. The molecule has 0 saturated carbocycles. The Hall–Kier alpha value is -1.27. The number of rotatable bonds is 3. The lowest BCUT2D eigenvalue weighted by Crippen LogP contribution is -2.45. The first-order valence-electron chi connectivity index (χ1n) is 7.93. The molecule has 7 heteroatoms. The zero-order chi connectivity index (χ0) is 18.0. The van der Waals surface area contributed by atoms with Gasteiger partial charge in [-0.05, 0) is 41.5 Å². The van der Waals surface area contributed by atoms with Crippen LogP contribution in [-0.4, -0.2) is 31.1 Å². The Morgan fingerprint density at radius 2 is 1.72 bits per heavy atom. The molecule has 0 aromatic heterocycles. The van der Waals surface area contributed by atoms with E-state index in [9.17, 15) is 13.2 Å². The lowest BCUT2D eigenvalue weighted by Gasteiger charge is -2.36. The zero-order valence-electron chi connectivity index (χ0n) is 13.3. The van der Waals surface area contributed by atoms with Gasteiger partial charge in [-0.1, -0.05) is 35.3 Å². The molecule has 0 spiro atoms. The molecular weight excluding hydrogens is 372 g/mol. The lowest BCUT2D eigenvalue weighted by atomic mass is 9.94. The SMILES string of the molecule is FC(F)(F)c1ccc(Cl)c(C(c2cccc(Cl)c2)N2CCNCC2)c1. The second-order valence-electron chi connectivity index (χ2n) is 5.98. The Kier molecular flexibility index (Phi) is 5.58. The van der Waals surface area contributed by atoms with Crippen molar-refractivity contribution in [3.05, 3.63) is 69.2 Å². The summed E-state index contributed by atoms with van der Waals surface area (Å²) < 4.78 is 39.6. The molecular formula is C18H17Cl2F3N2. The normalized spacial score (nSPS) is 17.5. The van der Waals surface area contributed by atoms with Crippen LogP contribution in [0.15, 0.2) is 42.5 Å². The van der Waals surface area contributed by atoms with E-state index < -0.39 is 11.7 Å². The summed E-state index contributed by atoms with van der Waals surface area (Å²) in [6.45, 7) is 2.97. The maximum absolute atomic E-state index is 13.2. The highest BCUT2D eigenvalue weighted by molar-refractivity contribution is 6.31. The minimum absolute atomic E-state index is 0.316. The Balaban J connectivity index is 2.11. The van der Waals surface area contributed by atoms with E-state index in [1.165, 1.54) is 6.07 Å². The Bertz CT molecular complexity index is 743. The maximum Gasteiger partial charge on any atom is 0.416 e. The molecule has 1 saturated heterocycles. The highest BCUT2D eigenvalue weighted by atomic mass is 35.5. The molecule has 25 heavy (non-hydrogen) atoms. The number of alkyl halides is 3. The van der Waals surface area contributed by atoms with Gasteiger partial charge in [-0.2, -0.15) is 13.2 Å². The van der Waals surface area contributed by atoms with E-state index in [1.807, 2.05) is 6.07 Å². The number of nitrogens with one attached hydrogen (secondary N) is 1. The molecule has 0 radical (unpaired) electrons. The average molecular weight is 389 g/mol. The fraction of sp³-hybridized carbons (Fsp3) is 0.333. The smallest absolute Gasteiger partial charge is 0.314 e. The van der Waals surface area contributed by atoms with Crippen LogP contribution in [0.4, 0.5) is 13.2 Å². The standard InChI is InChI=1S/C18H17Cl2F3N2/c19-14-3-1-2-12(10-14)17(25-8-6-24-7-9-25)15-11-13(18(21,22)23)4-5-16(15)20/h1-5,10-11,17,24H,6-9H2. The summed E-state index contributed by atoms with van der Waals surface area (Å²) in [5.74, 6) is 0. The molecule has 1 heterocycles. The summed E-state index contributed by atoms with van der Waals surface area (Å²) in [4.78, 5) is 2.13. The van der Waals surface area contributed by atoms with Gasteiger partial charge in [0.25, 0.3) is 0 Å². The van der Waals surface area contributed by atoms with Gasteiger partial charge in [0.2, 0.25) is 0 Å². The largest absolute Gasteiger partial charge is 0.416 e. The first-order valence-corrected chi connectivity index (χ1v) is 8.69. The molecule has 1 unspecified atom stereocenters. The van der Waals surface area contributed by atoms with Gasteiger partial charge in [-0.3, -0.25) is 4.90 Å². The van der Waals surface area contributed by atoms with E-state index in [0.717, 1.165) is 30.8 Å². The molecule has 0 bridgehead atoms. The molecule has 1 atom stereocenters. The number of halogens is 5. The van der Waals surface area contributed by atoms with Crippen molar-refractivity contribution in [3.63, 3.8) is 0 Å². The fourth-order valence-corrected chi connectivity index (χ4v) is 3.55. The molecule has 1 fully saturated rings. The van der Waals surface area contributed by atoms with Crippen LogP contribution in [0.3, 0.4) is 0 Å². The van der Waals surface area contributed by atoms with Crippen molar-refractivity contribution in [3.8, 4) is 0 Å². The maximum atomic E-state index is 13.2. The molecule has 0 aliphatic carbocycles. The summed E-state index contributed by atoms with van der Waals surface area (Å²) in [5.41, 5.74) is 0.574. The van der Waals surface area contributed by atoms with Gasteiger partial charge >= 0.3 is 6.18 Å². The topological polar surface area (TPSA) is 15.3 Å². The van der Waals surface area contributed by atoms with Gasteiger partial charge < -0.3 is 5.32 Å². The van der Waals surface area contributed by atoms with Gasteiger partial charge in [0.15, 0.2) is 0 Å². The first-order chi connectivity index (χ1) is 11.9. The van der Waals surface area contributed by atoms with Crippen LogP contribution in [0.1, 0.15) is 22.7 Å². The molecule has 134 valence electrons. The molecule has 0 amide bonds. The van der Waals surface area contributed by atoms with Crippen molar-refractivity contribution in [2.45, 2.75) is 12.2 Å². The van der Waals surface area contributed by atoms with Crippen molar-refractivity contribution < 1.29 is 13.2 Å². The second-order valence-corrected chi connectivity index (χ2v) is 6.82. The number of hydrogen-bond acceptors (Lipinski definition) is 2. The summed E-state index contributed by atoms with van der Waals surface area (Å²) >= 11 is 12.4. The number of piperazine rings is 1. The summed E-state index contributed by atoms with van der Waals surface area (Å²) in [6, 6.07) is 10.3. The van der Waals surface area contributed by atoms with Crippen molar-refractivity contribution in [2.24, 2.45) is 0 Å². The van der Waals surface area contributed by atoms with Crippen molar-refractivity contribution >= 4 is 23.2 Å². The highest BCUT2D eigenvalue weighted by Gasteiger charge is 2.33. The van der Waals surface area contributed by atoms with Crippen LogP contribution in [0.5, 0.6) is 0 Å². The third-order valence-electron chi connectivity index (χ3n) is 4.30. The molecule has 2 aromatic rings. The minimum Gasteiger partial charge on any atom is -0.314 e.